The molecule has 0 heterocycles. The van der Waals surface area contributed by atoms with Gasteiger partial charge in [-0.2, -0.15) is 0 Å². The molecular formula is C14H18N2O4. The van der Waals surface area contributed by atoms with Crippen molar-refractivity contribution in [2.24, 2.45) is 0 Å². The molecule has 0 fully saturated rings. The highest BCUT2D eigenvalue weighted by Crippen LogP contribution is 2.03. The number of aryl methyl sites for hydroxylation is 1. The van der Waals surface area contributed by atoms with E-state index >= 15 is 0 Å². The molecule has 2 amide bonds. The summed E-state index contributed by atoms with van der Waals surface area (Å²) in [6.45, 7) is 4.37. The number of hydrogen-bond donors (Lipinski definition) is 3. The summed E-state index contributed by atoms with van der Waals surface area (Å²) in [7, 11) is 0. The minimum Gasteiger partial charge on any atom is -0.480 e. The molecule has 0 unspecified atom stereocenters. The molecule has 3 N–H and O–H groups in total. The van der Waals surface area contributed by atoms with Crippen LogP contribution in [-0.2, 0) is 9.59 Å². The van der Waals surface area contributed by atoms with Gasteiger partial charge >= 0.3 is 5.97 Å². The number of rotatable bonds is 5. The van der Waals surface area contributed by atoms with Crippen LogP contribution in [0.15, 0.2) is 24.3 Å². The monoisotopic (exact) mass is 278 g/mol. The first-order valence-electron chi connectivity index (χ1n) is 6.11. The van der Waals surface area contributed by atoms with Crippen LogP contribution in [0.2, 0.25) is 0 Å². The molecule has 0 atom stereocenters. The molecule has 6 heteroatoms. The Morgan fingerprint density at radius 2 is 1.70 bits per heavy atom. The van der Waals surface area contributed by atoms with Crippen molar-refractivity contribution in [1.82, 2.24) is 10.6 Å². The second kappa shape index (κ2) is 6.18. The molecule has 0 bridgehead atoms. The Morgan fingerprint density at radius 1 is 1.15 bits per heavy atom. The molecule has 0 radical (unpaired) electrons. The van der Waals surface area contributed by atoms with Crippen molar-refractivity contribution in [2.75, 3.05) is 6.54 Å². The number of carbonyl (C=O) groups is 3. The maximum atomic E-state index is 11.8. The third-order valence-electron chi connectivity index (χ3n) is 2.71. The van der Waals surface area contributed by atoms with Crippen LogP contribution in [0.1, 0.15) is 29.8 Å². The van der Waals surface area contributed by atoms with Crippen LogP contribution < -0.4 is 10.6 Å². The summed E-state index contributed by atoms with van der Waals surface area (Å²) in [5.74, 6) is -2.08. The van der Waals surface area contributed by atoms with Crippen LogP contribution in [0.4, 0.5) is 0 Å². The van der Waals surface area contributed by atoms with Crippen LogP contribution in [0.25, 0.3) is 0 Å². The summed E-state index contributed by atoms with van der Waals surface area (Å²) >= 11 is 0. The Morgan fingerprint density at radius 3 is 2.20 bits per heavy atom. The predicted molar refractivity (Wildman–Crippen MR) is 73.4 cm³/mol. The molecule has 0 saturated carbocycles. The molecule has 108 valence electrons. The third-order valence-corrected chi connectivity index (χ3v) is 2.71. The van der Waals surface area contributed by atoms with E-state index in [0.29, 0.717) is 5.56 Å². The molecule has 0 aliphatic carbocycles. The number of carboxylic acid groups (broad SMARTS) is 1. The van der Waals surface area contributed by atoms with Gasteiger partial charge in [-0.05, 0) is 32.9 Å². The lowest BCUT2D eigenvalue weighted by atomic mass is 10.1. The average Bonchev–Trinajstić information content (AvgIpc) is 2.36. The van der Waals surface area contributed by atoms with E-state index in [4.69, 9.17) is 5.11 Å². The Balaban J connectivity index is 2.51. The van der Waals surface area contributed by atoms with Crippen molar-refractivity contribution in [2.45, 2.75) is 26.3 Å². The quantitative estimate of drug-likeness (QED) is 0.739. The fourth-order valence-electron chi connectivity index (χ4n) is 1.41. The van der Waals surface area contributed by atoms with Crippen LogP contribution >= 0.6 is 0 Å². The summed E-state index contributed by atoms with van der Waals surface area (Å²) in [5.41, 5.74) is 0.106. The smallest absolute Gasteiger partial charge is 0.328 e. The summed E-state index contributed by atoms with van der Waals surface area (Å²) in [6, 6.07) is 6.90. The molecule has 6 nitrogen and oxygen atoms in total. The van der Waals surface area contributed by atoms with Gasteiger partial charge in [-0.15, -0.1) is 0 Å². The van der Waals surface area contributed by atoms with Crippen molar-refractivity contribution < 1.29 is 19.5 Å². The lowest BCUT2D eigenvalue weighted by molar-refractivity contribution is -0.145. The zero-order valence-corrected chi connectivity index (χ0v) is 11.7. The van der Waals surface area contributed by atoms with Crippen LogP contribution in [0.3, 0.4) is 0 Å². The molecule has 1 aromatic carbocycles. The highest BCUT2D eigenvalue weighted by atomic mass is 16.4. The summed E-state index contributed by atoms with van der Waals surface area (Å²) in [6.07, 6.45) is 0. The SMILES string of the molecule is Cc1ccc(C(=O)NCC(=O)NC(C)(C)C(=O)O)cc1. The molecule has 0 spiro atoms. The van der Waals surface area contributed by atoms with Crippen LogP contribution in [0, 0.1) is 6.92 Å². The van der Waals surface area contributed by atoms with Crippen LogP contribution in [-0.4, -0.2) is 35.0 Å². The standard InChI is InChI=1S/C14H18N2O4/c1-9-4-6-10(7-5-9)12(18)15-8-11(17)16-14(2,3)13(19)20/h4-7H,8H2,1-3H3,(H,15,18)(H,16,17)(H,19,20). The molecular weight excluding hydrogens is 260 g/mol. The average molecular weight is 278 g/mol. The van der Waals surface area contributed by atoms with Gasteiger partial charge in [0.2, 0.25) is 5.91 Å². The third kappa shape index (κ3) is 4.38. The van der Waals surface area contributed by atoms with Gasteiger partial charge < -0.3 is 15.7 Å². The van der Waals surface area contributed by atoms with Crippen molar-refractivity contribution in [1.29, 1.82) is 0 Å². The molecule has 0 saturated heterocycles. The number of carboxylic acids is 1. The Bertz CT molecular complexity index is 520. The predicted octanol–water partition coefficient (Wildman–Crippen LogP) is 0.704. The van der Waals surface area contributed by atoms with E-state index in [1.807, 2.05) is 6.92 Å². The number of aliphatic carboxylic acids is 1. The topological polar surface area (TPSA) is 95.5 Å². The molecule has 0 aliphatic rings. The van der Waals surface area contributed by atoms with Gasteiger partial charge in [0.15, 0.2) is 0 Å². The summed E-state index contributed by atoms with van der Waals surface area (Å²) in [5, 5.41) is 13.6. The molecule has 0 aliphatic heterocycles. The highest BCUT2D eigenvalue weighted by molar-refractivity contribution is 5.97. The fourth-order valence-corrected chi connectivity index (χ4v) is 1.41. The van der Waals surface area contributed by atoms with Gasteiger partial charge in [-0.25, -0.2) is 4.79 Å². The van der Waals surface area contributed by atoms with Crippen molar-refractivity contribution in [3.63, 3.8) is 0 Å². The highest BCUT2D eigenvalue weighted by Gasteiger charge is 2.28. The maximum absolute atomic E-state index is 11.8. The van der Waals surface area contributed by atoms with Crippen LogP contribution in [0.5, 0.6) is 0 Å². The minimum atomic E-state index is -1.37. The van der Waals surface area contributed by atoms with Gasteiger partial charge in [0.1, 0.15) is 5.54 Å². The first kappa shape index (κ1) is 15.7. The number of amides is 2. The van der Waals surface area contributed by atoms with Gasteiger partial charge in [-0.1, -0.05) is 17.7 Å². The molecule has 1 rings (SSSR count). The molecule has 0 aromatic heterocycles. The Hall–Kier alpha value is -2.37. The zero-order chi connectivity index (χ0) is 15.3. The first-order valence-corrected chi connectivity index (χ1v) is 6.11. The number of nitrogens with one attached hydrogen (secondary N) is 2. The first-order chi connectivity index (χ1) is 9.22. The van der Waals surface area contributed by atoms with E-state index in [0.717, 1.165) is 5.56 Å². The van der Waals surface area contributed by atoms with E-state index in [1.54, 1.807) is 24.3 Å². The summed E-state index contributed by atoms with van der Waals surface area (Å²) < 4.78 is 0. The largest absolute Gasteiger partial charge is 0.480 e. The molecule has 1 aromatic rings. The lowest BCUT2D eigenvalue weighted by Crippen LogP contribution is -2.52. The fraction of sp³-hybridized carbons (Fsp3) is 0.357. The van der Waals surface area contributed by atoms with Gasteiger partial charge in [0.25, 0.3) is 5.91 Å². The maximum Gasteiger partial charge on any atom is 0.328 e. The zero-order valence-electron chi connectivity index (χ0n) is 11.7. The van der Waals surface area contributed by atoms with Gasteiger partial charge in [-0.3, -0.25) is 9.59 Å². The molecule has 20 heavy (non-hydrogen) atoms. The second-order valence-electron chi connectivity index (χ2n) is 5.03. The van der Waals surface area contributed by atoms with E-state index in [2.05, 4.69) is 10.6 Å². The second-order valence-corrected chi connectivity index (χ2v) is 5.03. The van der Waals surface area contributed by atoms with E-state index < -0.39 is 17.4 Å². The Labute approximate surface area is 117 Å². The van der Waals surface area contributed by atoms with E-state index in [1.165, 1.54) is 13.8 Å². The van der Waals surface area contributed by atoms with E-state index in [9.17, 15) is 14.4 Å². The minimum absolute atomic E-state index is 0.274. The summed E-state index contributed by atoms with van der Waals surface area (Å²) in [4.78, 5) is 34.2. The van der Waals surface area contributed by atoms with Crippen molar-refractivity contribution in [3.05, 3.63) is 35.4 Å². The lowest BCUT2D eigenvalue weighted by Gasteiger charge is -2.21. The number of hydrogen-bond acceptors (Lipinski definition) is 3. The number of benzene rings is 1. The normalized spacial score (nSPS) is 10.8. The van der Waals surface area contributed by atoms with Crippen molar-refractivity contribution >= 4 is 17.8 Å². The van der Waals surface area contributed by atoms with E-state index in [-0.39, 0.29) is 12.5 Å². The number of carbonyl (C=O) groups excluding carboxylic acids is 2. The Kier molecular flexibility index (Phi) is 4.85. The van der Waals surface area contributed by atoms with Gasteiger partial charge in [0, 0.05) is 5.56 Å². The van der Waals surface area contributed by atoms with Crippen molar-refractivity contribution in [3.8, 4) is 0 Å². The van der Waals surface area contributed by atoms with Gasteiger partial charge in [0.05, 0.1) is 6.54 Å².